The standard InChI is InChI=1S/C7H5S2/c8-5-6-3-1-2-4-7(6)9/h1-3H,4H2. The lowest BCUT2D eigenvalue weighted by Crippen LogP contribution is -2.00. The molecule has 1 radical (unpaired) electrons. The lowest BCUT2D eigenvalue weighted by atomic mass is 10.1. The second-order valence-corrected chi connectivity index (χ2v) is 2.43. The van der Waals surface area contributed by atoms with Crippen molar-refractivity contribution in [3.05, 3.63) is 23.8 Å². The van der Waals surface area contributed by atoms with Crippen LogP contribution in [0.4, 0.5) is 0 Å². The Morgan fingerprint density at radius 2 is 2.33 bits per heavy atom. The SMILES string of the molecule is S=[C]C1=CC=CCC1=S. The van der Waals surface area contributed by atoms with Crippen LogP contribution in [0.3, 0.4) is 0 Å². The minimum atomic E-state index is 0.838. The van der Waals surface area contributed by atoms with E-state index in [9.17, 15) is 0 Å². The van der Waals surface area contributed by atoms with Crippen LogP contribution < -0.4 is 0 Å². The number of allylic oxidation sites excluding steroid dienone is 4. The summed E-state index contributed by atoms with van der Waals surface area (Å²) < 4.78 is 0. The van der Waals surface area contributed by atoms with Crippen LogP contribution in [-0.2, 0) is 0 Å². The molecule has 0 heterocycles. The first kappa shape index (κ1) is 6.78. The molecule has 0 nitrogen and oxygen atoms in total. The number of hydrogen-bond acceptors (Lipinski definition) is 2. The zero-order valence-electron chi connectivity index (χ0n) is 4.76. The van der Waals surface area contributed by atoms with Crippen LogP contribution >= 0.6 is 24.4 Å². The Labute approximate surface area is 65.3 Å². The monoisotopic (exact) mass is 153 g/mol. The molecule has 1 aliphatic rings. The van der Waals surface area contributed by atoms with Crippen molar-refractivity contribution in [3.8, 4) is 0 Å². The van der Waals surface area contributed by atoms with Crippen molar-refractivity contribution in [1.82, 2.24) is 0 Å². The van der Waals surface area contributed by atoms with Gasteiger partial charge < -0.3 is 0 Å². The molecule has 0 N–H and O–H groups in total. The van der Waals surface area contributed by atoms with E-state index in [0.717, 1.165) is 16.9 Å². The molecule has 1 aliphatic carbocycles. The molecule has 9 heavy (non-hydrogen) atoms. The largest absolute Gasteiger partial charge is 0.0839 e. The molecule has 0 spiro atoms. The third-order valence-electron chi connectivity index (χ3n) is 1.11. The van der Waals surface area contributed by atoms with Crippen LogP contribution in [0.25, 0.3) is 0 Å². The maximum Gasteiger partial charge on any atom is 0.0647 e. The molecule has 0 aliphatic heterocycles. The van der Waals surface area contributed by atoms with E-state index in [4.69, 9.17) is 12.2 Å². The van der Waals surface area contributed by atoms with E-state index in [-0.39, 0.29) is 0 Å². The van der Waals surface area contributed by atoms with Gasteiger partial charge in [0.25, 0.3) is 0 Å². The first-order chi connectivity index (χ1) is 4.34. The molecule has 0 unspecified atom stereocenters. The van der Waals surface area contributed by atoms with Crippen molar-refractivity contribution in [2.75, 3.05) is 0 Å². The molecule has 0 saturated carbocycles. The number of thiocarbonyl (C=S) groups is 2. The maximum atomic E-state index is 4.98. The lowest BCUT2D eigenvalue weighted by Gasteiger charge is -2.01. The van der Waals surface area contributed by atoms with Gasteiger partial charge >= 0.3 is 0 Å². The highest BCUT2D eigenvalue weighted by atomic mass is 32.1. The van der Waals surface area contributed by atoms with Gasteiger partial charge in [-0.05, 0) is 0 Å². The zero-order chi connectivity index (χ0) is 6.69. The van der Waals surface area contributed by atoms with E-state index in [1.165, 1.54) is 0 Å². The van der Waals surface area contributed by atoms with Crippen LogP contribution in [0.5, 0.6) is 0 Å². The van der Waals surface area contributed by atoms with E-state index in [0.29, 0.717) is 0 Å². The molecule has 1 rings (SSSR count). The third-order valence-corrected chi connectivity index (χ3v) is 1.72. The van der Waals surface area contributed by atoms with Gasteiger partial charge in [0.1, 0.15) is 0 Å². The lowest BCUT2D eigenvalue weighted by molar-refractivity contribution is 1.49. The summed E-state index contributed by atoms with van der Waals surface area (Å²) in [6, 6.07) is 0. The van der Waals surface area contributed by atoms with E-state index in [2.05, 4.69) is 17.6 Å². The molecule has 45 valence electrons. The summed E-state index contributed by atoms with van der Waals surface area (Å²) >= 11 is 9.59. The van der Waals surface area contributed by atoms with Crippen LogP contribution in [0.2, 0.25) is 0 Å². The fraction of sp³-hybridized carbons (Fsp3) is 0.143. The summed E-state index contributed by atoms with van der Waals surface area (Å²) in [6.07, 6.45) is 6.69. The highest BCUT2D eigenvalue weighted by Gasteiger charge is 2.01. The first-order valence-electron chi connectivity index (χ1n) is 2.63. The van der Waals surface area contributed by atoms with Gasteiger partial charge in [0, 0.05) is 16.9 Å². The number of hydrogen-bond donors (Lipinski definition) is 0. The molecule has 2 heteroatoms. The predicted molar refractivity (Wildman–Crippen MR) is 47.0 cm³/mol. The summed E-state index contributed by atoms with van der Waals surface area (Å²) in [4.78, 5) is 0.896. The second-order valence-electron chi connectivity index (χ2n) is 1.74. The highest BCUT2D eigenvalue weighted by molar-refractivity contribution is 7.82. The Hall–Kier alpha value is -0.340. The van der Waals surface area contributed by atoms with Crippen molar-refractivity contribution in [2.45, 2.75) is 6.42 Å². The Kier molecular flexibility index (Phi) is 2.25. The molecule has 0 fully saturated rings. The van der Waals surface area contributed by atoms with Gasteiger partial charge in [0.15, 0.2) is 0 Å². The molecule has 0 amide bonds. The van der Waals surface area contributed by atoms with Gasteiger partial charge in [0.2, 0.25) is 0 Å². The van der Waals surface area contributed by atoms with Gasteiger partial charge in [-0.3, -0.25) is 0 Å². The molecule has 0 saturated heterocycles. The Morgan fingerprint density at radius 3 is 2.78 bits per heavy atom. The van der Waals surface area contributed by atoms with E-state index in [1.54, 1.807) is 0 Å². The Morgan fingerprint density at radius 1 is 1.56 bits per heavy atom. The Balaban J connectivity index is 2.86. The smallest absolute Gasteiger partial charge is 0.0647 e. The highest BCUT2D eigenvalue weighted by Crippen LogP contribution is 2.07. The average molecular weight is 153 g/mol. The summed E-state index contributed by atoms with van der Waals surface area (Å²) in [5.74, 6) is 0. The maximum absolute atomic E-state index is 4.98. The summed E-state index contributed by atoms with van der Waals surface area (Å²) in [7, 11) is 0. The normalized spacial score (nSPS) is 17.3. The fourth-order valence-corrected chi connectivity index (χ4v) is 1.10. The Bertz CT molecular complexity index is 199. The molecule has 0 bridgehead atoms. The van der Waals surface area contributed by atoms with Crippen molar-refractivity contribution < 1.29 is 0 Å². The summed E-state index contributed by atoms with van der Waals surface area (Å²) in [5, 5.41) is 2.61. The zero-order valence-corrected chi connectivity index (χ0v) is 6.39. The van der Waals surface area contributed by atoms with E-state index >= 15 is 0 Å². The van der Waals surface area contributed by atoms with Crippen molar-refractivity contribution in [1.29, 1.82) is 0 Å². The summed E-state index contributed by atoms with van der Waals surface area (Å²) in [5.41, 5.74) is 0.891. The average Bonchev–Trinajstić information content (AvgIpc) is 1.89. The van der Waals surface area contributed by atoms with E-state index in [1.807, 2.05) is 18.2 Å². The molecule has 0 atom stereocenters. The van der Waals surface area contributed by atoms with Gasteiger partial charge in [-0.15, -0.1) is 0 Å². The van der Waals surface area contributed by atoms with Crippen molar-refractivity contribution >= 4 is 34.7 Å². The third kappa shape index (κ3) is 1.53. The van der Waals surface area contributed by atoms with Gasteiger partial charge in [-0.1, -0.05) is 42.7 Å². The predicted octanol–water partition coefficient (Wildman–Crippen LogP) is 2.12. The van der Waals surface area contributed by atoms with Gasteiger partial charge in [-0.25, -0.2) is 0 Å². The fourth-order valence-electron chi connectivity index (χ4n) is 0.633. The van der Waals surface area contributed by atoms with Crippen molar-refractivity contribution in [3.63, 3.8) is 0 Å². The molecular weight excluding hydrogens is 148 g/mol. The van der Waals surface area contributed by atoms with Crippen molar-refractivity contribution in [2.24, 2.45) is 0 Å². The minimum Gasteiger partial charge on any atom is -0.0839 e. The van der Waals surface area contributed by atoms with Crippen LogP contribution in [0, 0.1) is 0 Å². The first-order valence-corrected chi connectivity index (χ1v) is 3.44. The van der Waals surface area contributed by atoms with Crippen LogP contribution in [-0.4, -0.2) is 10.2 Å². The second kappa shape index (κ2) is 2.99. The van der Waals surface area contributed by atoms with Gasteiger partial charge in [0.05, 0.1) is 5.37 Å². The van der Waals surface area contributed by atoms with Crippen LogP contribution in [0.1, 0.15) is 6.42 Å². The molecule has 0 aromatic heterocycles. The summed E-state index contributed by atoms with van der Waals surface area (Å²) in [6.45, 7) is 0. The quantitative estimate of drug-likeness (QED) is 0.529. The molecule has 0 aromatic carbocycles. The topological polar surface area (TPSA) is 0 Å². The van der Waals surface area contributed by atoms with Crippen LogP contribution in [0.15, 0.2) is 23.8 Å². The van der Waals surface area contributed by atoms with E-state index < -0.39 is 0 Å². The van der Waals surface area contributed by atoms with Gasteiger partial charge in [-0.2, -0.15) is 0 Å². The molecular formula is C7H5S2. The number of rotatable bonds is 1. The molecule has 0 aromatic rings. The minimum absolute atomic E-state index is 0.838.